The van der Waals surface area contributed by atoms with Crippen molar-refractivity contribution in [2.75, 3.05) is 6.79 Å². The second-order valence-electron chi connectivity index (χ2n) is 3.72. The second-order valence-corrected chi connectivity index (χ2v) is 5.49. The summed E-state index contributed by atoms with van der Waals surface area (Å²) in [6.07, 6.45) is 0. The van der Waals surface area contributed by atoms with Crippen molar-refractivity contribution in [2.45, 2.75) is 12.3 Å². The van der Waals surface area contributed by atoms with E-state index >= 15 is 0 Å². The Kier molecular flexibility index (Phi) is 2.80. The SMILES string of the molecule is Cc1sc(-c2ccc3c(c2)OCO3)nc1CBr. The number of ether oxygens (including phenoxy) is 2. The molecule has 0 radical (unpaired) electrons. The number of benzene rings is 1. The minimum Gasteiger partial charge on any atom is -0.454 e. The van der Waals surface area contributed by atoms with Crippen LogP contribution >= 0.6 is 27.3 Å². The fourth-order valence-corrected chi connectivity index (χ4v) is 3.36. The lowest BCUT2D eigenvalue weighted by molar-refractivity contribution is 0.174. The van der Waals surface area contributed by atoms with Crippen molar-refractivity contribution < 1.29 is 9.47 Å². The van der Waals surface area contributed by atoms with Gasteiger partial charge in [0.1, 0.15) is 5.01 Å². The van der Waals surface area contributed by atoms with Gasteiger partial charge in [0.2, 0.25) is 6.79 Å². The van der Waals surface area contributed by atoms with E-state index in [-0.39, 0.29) is 0 Å². The van der Waals surface area contributed by atoms with Gasteiger partial charge in [0.15, 0.2) is 11.5 Å². The lowest BCUT2D eigenvalue weighted by atomic mass is 10.2. The number of hydrogen-bond donors (Lipinski definition) is 0. The average molecular weight is 312 g/mol. The quantitative estimate of drug-likeness (QED) is 0.792. The lowest BCUT2D eigenvalue weighted by Crippen LogP contribution is -1.92. The van der Waals surface area contributed by atoms with Crippen LogP contribution in [-0.4, -0.2) is 11.8 Å². The van der Waals surface area contributed by atoms with E-state index in [9.17, 15) is 0 Å². The summed E-state index contributed by atoms with van der Waals surface area (Å²) in [5, 5.41) is 1.81. The molecule has 2 heterocycles. The third-order valence-electron chi connectivity index (χ3n) is 2.64. The van der Waals surface area contributed by atoms with Crippen LogP contribution in [-0.2, 0) is 5.33 Å². The van der Waals surface area contributed by atoms with Crippen LogP contribution in [0.5, 0.6) is 11.5 Å². The maximum Gasteiger partial charge on any atom is 0.231 e. The first kappa shape index (κ1) is 11.0. The van der Waals surface area contributed by atoms with Gasteiger partial charge in [-0.3, -0.25) is 0 Å². The van der Waals surface area contributed by atoms with Crippen LogP contribution in [0.15, 0.2) is 18.2 Å². The number of nitrogens with zero attached hydrogens (tertiary/aromatic N) is 1. The summed E-state index contributed by atoms with van der Waals surface area (Å²) >= 11 is 5.14. The predicted octanol–water partition coefficient (Wildman–Crippen LogP) is 3.74. The third kappa shape index (κ3) is 1.93. The molecular weight excluding hydrogens is 302 g/mol. The maximum absolute atomic E-state index is 5.37. The predicted molar refractivity (Wildman–Crippen MR) is 71.0 cm³/mol. The zero-order chi connectivity index (χ0) is 11.8. The van der Waals surface area contributed by atoms with Crippen LogP contribution in [0.4, 0.5) is 0 Å². The normalized spacial score (nSPS) is 13.1. The van der Waals surface area contributed by atoms with Crippen molar-refractivity contribution in [3.05, 3.63) is 28.8 Å². The standard InChI is InChI=1S/C12H10BrNO2S/c1-7-9(5-13)14-12(17-7)8-2-3-10-11(4-8)16-6-15-10/h2-4H,5-6H2,1H3. The second kappa shape index (κ2) is 4.31. The summed E-state index contributed by atoms with van der Waals surface area (Å²) in [4.78, 5) is 5.84. The number of alkyl halides is 1. The van der Waals surface area contributed by atoms with Crippen molar-refractivity contribution >= 4 is 27.3 Å². The van der Waals surface area contributed by atoms with Crippen LogP contribution in [0.25, 0.3) is 10.6 Å². The molecule has 1 aromatic carbocycles. The first-order valence-corrected chi connectivity index (χ1v) is 7.14. The van der Waals surface area contributed by atoms with Gasteiger partial charge in [-0.1, -0.05) is 15.9 Å². The first-order chi connectivity index (χ1) is 8.28. The fourth-order valence-electron chi connectivity index (χ4n) is 1.71. The van der Waals surface area contributed by atoms with Gasteiger partial charge in [-0.2, -0.15) is 0 Å². The zero-order valence-electron chi connectivity index (χ0n) is 9.20. The number of rotatable bonds is 2. The largest absolute Gasteiger partial charge is 0.454 e. The van der Waals surface area contributed by atoms with Crippen LogP contribution in [0.3, 0.4) is 0 Å². The average Bonchev–Trinajstić information content (AvgIpc) is 2.93. The Balaban J connectivity index is 2.03. The molecule has 0 fully saturated rings. The molecule has 5 heteroatoms. The topological polar surface area (TPSA) is 31.4 Å². The zero-order valence-corrected chi connectivity index (χ0v) is 11.6. The summed E-state index contributed by atoms with van der Waals surface area (Å²) in [6.45, 7) is 2.40. The van der Waals surface area contributed by atoms with E-state index in [1.165, 1.54) is 4.88 Å². The Labute approximate surface area is 112 Å². The molecule has 1 aromatic heterocycles. The summed E-state index contributed by atoms with van der Waals surface area (Å²) in [5.41, 5.74) is 2.18. The molecular formula is C12H10BrNO2S. The monoisotopic (exact) mass is 311 g/mol. The highest BCUT2D eigenvalue weighted by molar-refractivity contribution is 9.08. The highest BCUT2D eigenvalue weighted by Crippen LogP contribution is 2.37. The molecule has 3 rings (SSSR count). The number of aryl methyl sites for hydroxylation is 1. The minimum atomic E-state index is 0.308. The van der Waals surface area contributed by atoms with Crippen molar-refractivity contribution in [1.29, 1.82) is 0 Å². The van der Waals surface area contributed by atoms with E-state index in [4.69, 9.17) is 9.47 Å². The molecule has 88 valence electrons. The molecule has 0 N–H and O–H groups in total. The minimum absolute atomic E-state index is 0.308. The Morgan fingerprint density at radius 3 is 2.94 bits per heavy atom. The van der Waals surface area contributed by atoms with E-state index in [2.05, 4.69) is 27.8 Å². The molecule has 1 aliphatic heterocycles. The van der Waals surface area contributed by atoms with E-state index in [0.29, 0.717) is 6.79 Å². The van der Waals surface area contributed by atoms with Gasteiger partial charge in [-0.05, 0) is 25.1 Å². The molecule has 1 aliphatic rings. The lowest BCUT2D eigenvalue weighted by Gasteiger charge is -1.98. The van der Waals surface area contributed by atoms with Crippen molar-refractivity contribution in [2.24, 2.45) is 0 Å². The van der Waals surface area contributed by atoms with Gasteiger partial charge < -0.3 is 9.47 Å². The first-order valence-electron chi connectivity index (χ1n) is 5.20. The highest BCUT2D eigenvalue weighted by Gasteiger charge is 2.15. The Hall–Kier alpha value is -1.07. The Morgan fingerprint density at radius 2 is 2.18 bits per heavy atom. The fraction of sp³-hybridized carbons (Fsp3) is 0.250. The number of hydrogen-bond acceptors (Lipinski definition) is 4. The molecule has 0 bridgehead atoms. The van der Waals surface area contributed by atoms with Gasteiger partial charge in [0.05, 0.1) is 5.69 Å². The van der Waals surface area contributed by atoms with Crippen LogP contribution in [0.2, 0.25) is 0 Å². The van der Waals surface area contributed by atoms with E-state index in [0.717, 1.165) is 33.1 Å². The van der Waals surface area contributed by atoms with Crippen LogP contribution in [0.1, 0.15) is 10.6 Å². The summed E-state index contributed by atoms with van der Waals surface area (Å²) in [7, 11) is 0. The van der Waals surface area contributed by atoms with E-state index in [1.54, 1.807) is 11.3 Å². The van der Waals surface area contributed by atoms with Crippen molar-refractivity contribution in [1.82, 2.24) is 4.98 Å². The van der Waals surface area contributed by atoms with Gasteiger partial charge in [0, 0.05) is 15.8 Å². The van der Waals surface area contributed by atoms with Crippen LogP contribution < -0.4 is 9.47 Å². The molecule has 0 saturated heterocycles. The molecule has 3 nitrogen and oxygen atoms in total. The number of halogens is 1. The number of fused-ring (bicyclic) bond motifs is 1. The molecule has 0 saturated carbocycles. The summed E-state index contributed by atoms with van der Waals surface area (Å²) in [5.74, 6) is 1.61. The smallest absolute Gasteiger partial charge is 0.231 e. The van der Waals surface area contributed by atoms with E-state index < -0.39 is 0 Å². The van der Waals surface area contributed by atoms with Crippen molar-refractivity contribution in [3.63, 3.8) is 0 Å². The van der Waals surface area contributed by atoms with Crippen LogP contribution in [0, 0.1) is 6.92 Å². The number of thiazole rings is 1. The van der Waals surface area contributed by atoms with E-state index in [1.807, 2.05) is 18.2 Å². The highest BCUT2D eigenvalue weighted by atomic mass is 79.9. The molecule has 2 aromatic rings. The third-order valence-corrected chi connectivity index (χ3v) is 4.23. The van der Waals surface area contributed by atoms with Gasteiger partial charge in [0.25, 0.3) is 0 Å². The summed E-state index contributed by atoms with van der Waals surface area (Å²) in [6, 6.07) is 5.94. The maximum atomic E-state index is 5.37. The van der Waals surface area contributed by atoms with Gasteiger partial charge >= 0.3 is 0 Å². The molecule has 0 spiro atoms. The number of aromatic nitrogens is 1. The Bertz CT molecular complexity index is 568. The molecule has 0 amide bonds. The molecule has 0 unspecified atom stereocenters. The molecule has 0 aliphatic carbocycles. The Morgan fingerprint density at radius 1 is 1.35 bits per heavy atom. The summed E-state index contributed by atoms with van der Waals surface area (Å²) < 4.78 is 10.7. The van der Waals surface area contributed by atoms with Gasteiger partial charge in [-0.15, -0.1) is 11.3 Å². The van der Waals surface area contributed by atoms with Gasteiger partial charge in [-0.25, -0.2) is 4.98 Å². The van der Waals surface area contributed by atoms with Crippen molar-refractivity contribution in [3.8, 4) is 22.1 Å². The molecule has 17 heavy (non-hydrogen) atoms. The molecule has 0 atom stereocenters.